The van der Waals surface area contributed by atoms with Crippen LogP contribution in [0.3, 0.4) is 0 Å². The van der Waals surface area contributed by atoms with Crippen molar-refractivity contribution >= 4 is 11.6 Å². The van der Waals surface area contributed by atoms with E-state index in [4.69, 9.17) is 0 Å². The molecule has 1 aromatic carbocycles. The van der Waals surface area contributed by atoms with E-state index in [0.29, 0.717) is 12.3 Å². The van der Waals surface area contributed by atoms with Gasteiger partial charge in [-0.25, -0.2) is 0 Å². The smallest absolute Gasteiger partial charge is 0.224 e. The van der Waals surface area contributed by atoms with Gasteiger partial charge in [0.25, 0.3) is 0 Å². The van der Waals surface area contributed by atoms with Crippen LogP contribution in [0.25, 0.3) is 0 Å². The molecule has 2 bridgehead atoms. The molecule has 0 heterocycles. The first-order valence-electron chi connectivity index (χ1n) is 7.48. The Kier molecular flexibility index (Phi) is 3.34. The number of anilines is 1. The zero-order valence-corrected chi connectivity index (χ0v) is 11.9. The molecule has 1 N–H and O–H groups in total. The molecule has 3 atom stereocenters. The molecule has 0 aromatic heterocycles. The van der Waals surface area contributed by atoms with Gasteiger partial charge >= 0.3 is 0 Å². The van der Waals surface area contributed by atoms with Crippen molar-refractivity contribution in [1.29, 1.82) is 0 Å². The van der Waals surface area contributed by atoms with Crippen LogP contribution in [0.2, 0.25) is 0 Å². The molecule has 0 radical (unpaired) electrons. The second-order valence-electron chi connectivity index (χ2n) is 6.56. The summed E-state index contributed by atoms with van der Waals surface area (Å²) in [6.45, 7) is 4.14. The Labute approximate surface area is 115 Å². The number of carbonyl (C=O) groups excluding carboxylic acids is 1. The Balaban J connectivity index is 1.59. The molecule has 2 aliphatic carbocycles. The van der Waals surface area contributed by atoms with Crippen molar-refractivity contribution in [2.75, 3.05) is 5.32 Å². The zero-order valence-electron chi connectivity index (χ0n) is 11.9. The van der Waals surface area contributed by atoms with Crippen molar-refractivity contribution in [3.05, 3.63) is 29.3 Å². The molecule has 0 saturated heterocycles. The predicted octanol–water partition coefficient (Wildman–Crippen LogP) is 4.07. The number of aryl methyl sites for hydroxylation is 2. The molecular formula is C17H23NO. The highest BCUT2D eigenvalue weighted by Gasteiger charge is 2.40. The molecule has 2 heteroatoms. The van der Waals surface area contributed by atoms with Gasteiger partial charge in [0.1, 0.15) is 0 Å². The summed E-state index contributed by atoms with van der Waals surface area (Å²) in [6, 6.07) is 6.23. The maximum atomic E-state index is 12.2. The topological polar surface area (TPSA) is 29.1 Å². The van der Waals surface area contributed by atoms with E-state index in [1.807, 2.05) is 12.1 Å². The van der Waals surface area contributed by atoms with Crippen molar-refractivity contribution in [3.63, 3.8) is 0 Å². The molecule has 2 fully saturated rings. The fourth-order valence-corrected chi connectivity index (χ4v) is 4.12. The minimum Gasteiger partial charge on any atom is -0.326 e. The van der Waals surface area contributed by atoms with Gasteiger partial charge in [-0.1, -0.05) is 12.5 Å². The van der Waals surface area contributed by atoms with Gasteiger partial charge in [0, 0.05) is 12.1 Å². The van der Waals surface area contributed by atoms with E-state index in [1.54, 1.807) is 0 Å². The van der Waals surface area contributed by atoms with Gasteiger partial charge < -0.3 is 5.32 Å². The fourth-order valence-electron chi connectivity index (χ4n) is 4.12. The molecular weight excluding hydrogens is 234 g/mol. The monoisotopic (exact) mass is 257 g/mol. The van der Waals surface area contributed by atoms with Gasteiger partial charge in [-0.05, 0) is 74.1 Å². The first kappa shape index (κ1) is 12.7. The van der Waals surface area contributed by atoms with Crippen molar-refractivity contribution in [3.8, 4) is 0 Å². The van der Waals surface area contributed by atoms with E-state index in [2.05, 4.69) is 25.2 Å². The zero-order chi connectivity index (χ0) is 13.4. The number of benzene rings is 1. The Morgan fingerprint density at radius 2 is 1.89 bits per heavy atom. The summed E-state index contributed by atoms with van der Waals surface area (Å²) in [5.41, 5.74) is 3.36. The number of amides is 1. The lowest BCUT2D eigenvalue weighted by atomic mass is 9.86. The molecule has 2 aliphatic rings. The van der Waals surface area contributed by atoms with Crippen molar-refractivity contribution in [2.24, 2.45) is 17.8 Å². The average Bonchev–Trinajstić information content (AvgIpc) is 2.88. The third-order valence-electron chi connectivity index (χ3n) is 4.84. The summed E-state index contributed by atoms with van der Waals surface area (Å²) in [6.07, 6.45) is 6.13. The Morgan fingerprint density at radius 3 is 2.47 bits per heavy atom. The van der Waals surface area contributed by atoms with E-state index in [1.165, 1.54) is 36.8 Å². The van der Waals surface area contributed by atoms with Crippen LogP contribution in [0.4, 0.5) is 5.69 Å². The summed E-state index contributed by atoms with van der Waals surface area (Å²) in [5.74, 6) is 2.59. The van der Waals surface area contributed by atoms with Gasteiger partial charge in [-0.2, -0.15) is 0 Å². The minimum absolute atomic E-state index is 0.197. The van der Waals surface area contributed by atoms with Crippen LogP contribution in [-0.4, -0.2) is 5.91 Å². The molecule has 1 amide bonds. The van der Waals surface area contributed by atoms with E-state index < -0.39 is 0 Å². The van der Waals surface area contributed by atoms with Crippen LogP contribution < -0.4 is 5.32 Å². The summed E-state index contributed by atoms with van der Waals surface area (Å²) in [7, 11) is 0. The van der Waals surface area contributed by atoms with Crippen LogP contribution in [-0.2, 0) is 4.79 Å². The Hall–Kier alpha value is -1.31. The van der Waals surface area contributed by atoms with E-state index >= 15 is 0 Å². The second-order valence-corrected chi connectivity index (χ2v) is 6.56. The first-order chi connectivity index (χ1) is 9.10. The number of hydrogen-bond donors (Lipinski definition) is 1. The summed E-state index contributed by atoms with van der Waals surface area (Å²) < 4.78 is 0. The highest BCUT2D eigenvalue weighted by Crippen LogP contribution is 2.49. The van der Waals surface area contributed by atoms with Crippen LogP contribution in [0.15, 0.2) is 18.2 Å². The Morgan fingerprint density at radius 1 is 1.16 bits per heavy atom. The van der Waals surface area contributed by atoms with E-state index in [0.717, 1.165) is 17.5 Å². The lowest BCUT2D eigenvalue weighted by Crippen LogP contribution is -2.20. The number of nitrogens with one attached hydrogen (secondary N) is 1. The molecule has 3 rings (SSSR count). The minimum atomic E-state index is 0.197. The quantitative estimate of drug-likeness (QED) is 0.869. The third kappa shape index (κ3) is 2.83. The van der Waals surface area contributed by atoms with E-state index in [-0.39, 0.29) is 5.91 Å². The second kappa shape index (κ2) is 4.99. The lowest BCUT2D eigenvalue weighted by molar-refractivity contribution is -0.117. The number of fused-ring (bicyclic) bond motifs is 2. The number of carbonyl (C=O) groups is 1. The fraction of sp³-hybridized carbons (Fsp3) is 0.588. The molecule has 1 aromatic rings. The maximum Gasteiger partial charge on any atom is 0.224 e. The third-order valence-corrected chi connectivity index (χ3v) is 4.84. The number of rotatable bonds is 3. The molecule has 19 heavy (non-hydrogen) atoms. The molecule has 2 nitrogen and oxygen atoms in total. The van der Waals surface area contributed by atoms with Crippen LogP contribution in [0.5, 0.6) is 0 Å². The Bertz CT molecular complexity index is 474. The van der Waals surface area contributed by atoms with Gasteiger partial charge in [-0.15, -0.1) is 0 Å². The lowest BCUT2D eigenvalue weighted by Gasteiger charge is -2.21. The molecule has 0 unspecified atom stereocenters. The summed E-state index contributed by atoms with van der Waals surface area (Å²) in [5, 5.41) is 3.07. The normalized spacial score (nSPS) is 28.6. The van der Waals surface area contributed by atoms with Gasteiger partial charge in [0.15, 0.2) is 0 Å². The predicted molar refractivity (Wildman–Crippen MR) is 78.1 cm³/mol. The van der Waals surface area contributed by atoms with Gasteiger partial charge in [0.05, 0.1) is 0 Å². The van der Waals surface area contributed by atoms with Crippen molar-refractivity contribution in [2.45, 2.75) is 46.0 Å². The number of hydrogen-bond acceptors (Lipinski definition) is 1. The van der Waals surface area contributed by atoms with Gasteiger partial charge in [-0.3, -0.25) is 4.79 Å². The summed E-state index contributed by atoms with van der Waals surface area (Å²) in [4.78, 5) is 12.2. The van der Waals surface area contributed by atoms with E-state index in [9.17, 15) is 4.79 Å². The summed E-state index contributed by atoms with van der Waals surface area (Å²) >= 11 is 0. The van der Waals surface area contributed by atoms with Crippen LogP contribution in [0.1, 0.15) is 43.2 Å². The van der Waals surface area contributed by atoms with Crippen LogP contribution >= 0.6 is 0 Å². The first-order valence-corrected chi connectivity index (χ1v) is 7.48. The molecule has 0 spiro atoms. The largest absolute Gasteiger partial charge is 0.326 e. The maximum absolute atomic E-state index is 12.2. The highest BCUT2D eigenvalue weighted by atomic mass is 16.1. The molecule has 2 saturated carbocycles. The molecule has 102 valence electrons. The van der Waals surface area contributed by atoms with Gasteiger partial charge in [0.2, 0.25) is 5.91 Å². The van der Waals surface area contributed by atoms with Crippen LogP contribution in [0, 0.1) is 31.6 Å². The molecule has 0 aliphatic heterocycles. The van der Waals surface area contributed by atoms with Crippen molar-refractivity contribution < 1.29 is 4.79 Å². The van der Waals surface area contributed by atoms with Crippen molar-refractivity contribution in [1.82, 2.24) is 0 Å². The standard InChI is InChI=1S/C17H23NO/c1-11-5-12(2)7-16(6-11)18-17(19)10-15-9-13-3-4-14(15)8-13/h5-7,13-15H,3-4,8-10H2,1-2H3,(H,18,19)/t13-,14-,15-/m1/s1. The SMILES string of the molecule is Cc1cc(C)cc(NC(=O)C[C@H]2C[C@@H]3CC[C@@H]2C3)c1. The average molecular weight is 257 g/mol. The highest BCUT2D eigenvalue weighted by molar-refractivity contribution is 5.91.